The van der Waals surface area contributed by atoms with Gasteiger partial charge in [-0.25, -0.2) is 4.98 Å². The Kier molecular flexibility index (Phi) is 4.65. The van der Waals surface area contributed by atoms with Gasteiger partial charge < -0.3 is 5.32 Å². The Balaban J connectivity index is 1.81. The molecule has 0 spiro atoms. The summed E-state index contributed by atoms with van der Waals surface area (Å²) in [7, 11) is 0. The predicted molar refractivity (Wildman–Crippen MR) is 88.3 cm³/mol. The molecule has 0 aromatic carbocycles. The van der Waals surface area contributed by atoms with Gasteiger partial charge in [0.25, 0.3) is 0 Å². The largest absolute Gasteiger partial charge is 0.314 e. The summed E-state index contributed by atoms with van der Waals surface area (Å²) in [5.41, 5.74) is 1.87. The van der Waals surface area contributed by atoms with Crippen LogP contribution in [0.5, 0.6) is 0 Å². The molecular weight excluding hydrogens is 333 g/mol. The van der Waals surface area contributed by atoms with Crippen molar-refractivity contribution < 1.29 is 0 Å². The van der Waals surface area contributed by atoms with Gasteiger partial charge in [-0.3, -0.25) is 4.90 Å². The van der Waals surface area contributed by atoms with Crippen LogP contribution in [0.15, 0.2) is 11.4 Å². The summed E-state index contributed by atoms with van der Waals surface area (Å²) in [6.07, 6.45) is 0. The van der Waals surface area contributed by atoms with E-state index in [1.165, 1.54) is 11.3 Å². The van der Waals surface area contributed by atoms with E-state index in [-0.39, 0.29) is 0 Å². The quantitative estimate of drug-likeness (QED) is 0.903. The molecule has 1 unspecified atom stereocenters. The maximum atomic E-state index is 6.20. The van der Waals surface area contributed by atoms with E-state index in [0.717, 1.165) is 42.4 Å². The number of nitrogens with zero attached hydrogens (tertiary/aromatic N) is 2. The molecule has 2 aromatic rings. The lowest BCUT2D eigenvalue weighted by molar-refractivity contribution is 0.185. The van der Waals surface area contributed by atoms with Crippen LogP contribution in [0, 0.1) is 0 Å². The monoisotopic (exact) mass is 347 g/mol. The maximum absolute atomic E-state index is 6.20. The molecule has 0 radical (unpaired) electrons. The van der Waals surface area contributed by atoms with Crippen molar-refractivity contribution in [3.8, 4) is 11.3 Å². The van der Waals surface area contributed by atoms with Gasteiger partial charge >= 0.3 is 0 Å². The van der Waals surface area contributed by atoms with Crippen LogP contribution in [0.25, 0.3) is 11.3 Å². The molecule has 1 fully saturated rings. The predicted octanol–water partition coefficient (Wildman–Crippen LogP) is 4.14. The van der Waals surface area contributed by atoms with Gasteiger partial charge in [0.1, 0.15) is 9.34 Å². The molecule has 108 valence electrons. The molecule has 0 saturated carbocycles. The fourth-order valence-corrected chi connectivity index (χ4v) is 4.73. The average Bonchev–Trinajstić information content (AvgIpc) is 3.05. The summed E-state index contributed by atoms with van der Waals surface area (Å²) in [5, 5.41) is 6.58. The van der Waals surface area contributed by atoms with Crippen molar-refractivity contribution in [1.29, 1.82) is 0 Å². The maximum Gasteiger partial charge on any atom is 0.110 e. The molecule has 3 heterocycles. The van der Waals surface area contributed by atoms with Gasteiger partial charge in [-0.05, 0) is 13.0 Å². The zero-order valence-corrected chi connectivity index (χ0v) is 14.2. The first kappa shape index (κ1) is 14.8. The minimum atomic E-state index is 0.351. The first-order chi connectivity index (χ1) is 9.65. The Labute approximate surface area is 136 Å². The van der Waals surface area contributed by atoms with Gasteiger partial charge in [0, 0.05) is 37.1 Å². The van der Waals surface area contributed by atoms with Crippen LogP contribution >= 0.6 is 45.9 Å². The molecule has 20 heavy (non-hydrogen) atoms. The molecule has 1 aliphatic rings. The molecular formula is C13H15Cl2N3S2. The van der Waals surface area contributed by atoms with E-state index in [9.17, 15) is 0 Å². The van der Waals surface area contributed by atoms with E-state index in [1.54, 1.807) is 11.3 Å². The zero-order valence-electron chi connectivity index (χ0n) is 11.0. The van der Waals surface area contributed by atoms with E-state index in [4.69, 9.17) is 28.2 Å². The molecule has 2 aromatic heterocycles. The number of halogens is 2. The van der Waals surface area contributed by atoms with Gasteiger partial charge in [0.05, 0.1) is 16.1 Å². The third-order valence-corrected chi connectivity index (χ3v) is 6.01. The lowest BCUT2D eigenvalue weighted by Crippen LogP contribution is -2.44. The summed E-state index contributed by atoms with van der Waals surface area (Å²) in [6.45, 7) is 6.46. The van der Waals surface area contributed by atoms with Crippen molar-refractivity contribution in [2.75, 3.05) is 26.2 Å². The number of thiazole rings is 1. The Morgan fingerprint density at radius 1 is 1.35 bits per heavy atom. The summed E-state index contributed by atoms with van der Waals surface area (Å²) in [5.74, 6) is 0. The summed E-state index contributed by atoms with van der Waals surface area (Å²) in [4.78, 5) is 7.21. The lowest BCUT2D eigenvalue weighted by Gasteiger charge is -2.31. The van der Waals surface area contributed by atoms with Crippen LogP contribution in [0.4, 0.5) is 0 Å². The normalized spacial score (nSPS) is 18.4. The van der Waals surface area contributed by atoms with Gasteiger partial charge in [0.15, 0.2) is 0 Å². The standard InChI is InChI=1S/C13H15Cl2N3S2/c1-8(18-4-2-16-3-5-18)13-17-10(7-19-13)9-6-11(14)20-12(9)15/h6-8,16H,2-5H2,1H3. The number of rotatable bonds is 3. The molecule has 1 N–H and O–H groups in total. The number of piperazine rings is 1. The second-order valence-electron chi connectivity index (χ2n) is 4.77. The van der Waals surface area contributed by atoms with E-state index in [0.29, 0.717) is 14.7 Å². The van der Waals surface area contributed by atoms with Crippen molar-refractivity contribution >= 4 is 45.9 Å². The highest BCUT2D eigenvalue weighted by Crippen LogP contribution is 2.39. The molecule has 0 aliphatic carbocycles. The smallest absolute Gasteiger partial charge is 0.110 e. The molecule has 3 rings (SSSR count). The zero-order chi connectivity index (χ0) is 14.1. The van der Waals surface area contributed by atoms with E-state index in [2.05, 4.69) is 22.5 Å². The van der Waals surface area contributed by atoms with Crippen molar-refractivity contribution in [1.82, 2.24) is 15.2 Å². The number of hydrogen-bond acceptors (Lipinski definition) is 5. The van der Waals surface area contributed by atoms with E-state index >= 15 is 0 Å². The van der Waals surface area contributed by atoms with Crippen LogP contribution in [-0.2, 0) is 0 Å². The van der Waals surface area contributed by atoms with E-state index in [1.807, 2.05) is 6.07 Å². The Morgan fingerprint density at radius 3 is 2.75 bits per heavy atom. The van der Waals surface area contributed by atoms with Crippen LogP contribution < -0.4 is 5.32 Å². The minimum absolute atomic E-state index is 0.351. The Morgan fingerprint density at radius 2 is 2.10 bits per heavy atom. The van der Waals surface area contributed by atoms with Crippen molar-refractivity contribution in [3.63, 3.8) is 0 Å². The first-order valence-corrected chi connectivity index (χ1v) is 8.96. The van der Waals surface area contributed by atoms with Crippen LogP contribution in [-0.4, -0.2) is 36.1 Å². The van der Waals surface area contributed by atoms with Gasteiger partial charge in [-0.1, -0.05) is 23.2 Å². The second kappa shape index (κ2) is 6.30. The Bertz CT molecular complexity index is 590. The molecule has 1 atom stereocenters. The van der Waals surface area contributed by atoms with Gasteiger partial charge in [-0.2, -0.15) is 0 Å². The summed E-state index contributed by atoms with van der Waals surface area (Å²) in [6, 6.07) is 2.24. The fraction of sp³-hybridized carbons (Fsp3) is 0.462. The fourth-order valence-electron chi connectivity index (χ4n) is 2.34. The third-order valence-electron chi connectivity index (χ3n) is 3.51. The van der Waals surface area contributed by atoms with Crippen molar-refractivity contribution in [2.24, 2.45) is 0 Å². The highest BCUT2D eigenvalue weighted by molar-refractivity contribution is 7.20. The number of thiophene rings is 1. The highest BCUT2D eigenvalue weighted by Gasteiger charge is 2.21. The van der Waals surface area contributed by atoms with Gasteiger partial charge in [-0.15, -0.1) is 22.7 Å². The summed E-state index contributed by atoms with van der Waals surface area (Å²) < 4.78 is 1.41. The molecule has 0 bridgehead atoms. The third kappa shape index (κ3) is 3.03. The van der Waals surface area contributed by atoms with Crippen LogP contribution in [0.2, 0.25) is 8.67 Å². The molecule has 0 amide bonds. The summed E-state index contributed by atoms with van der Waals surface area (Å²) >= 11 is 15.3. The highest BCUT2D eigenvalue weighted by atomic mass is 35.5. The lowest BCUT2D eigenvalue weighted by atomic mass is 10.2. The molecule has 1 aliphatic heterocycles. The van der Waals surface area contributed by atoms with Gasteiger partial charge in [0.2, 0.25) is 0 Å². The number of nitrogens with one attached hydrogen (secondary N) is 1. The van der Waals surface area contributed by atoms with E-state index < -0.39 is 0 Å². The van der Waals surface area contributed by atoms with Crippen LogP contribution in [0.3, 0.4) is 0 Å². The molecule has 1 saturated heterocycles. The van der Waals surface area contributed by atoms with Crippen LogP contribution in [0.1, 0.15) is 18.0 Å². The molecule has 7 heteroatoms. The number of hydrogen-bond donors (Lipinski definition) is 1. The first-order valence-electron chi connectivity index (χ1n) is 6.50. The number of aromatic nitrogens is 1. The second-order valence-corrected chi connectivity index (χ2v) is 7.95. The SMILES string of the molecule is CC(c1nc(-c2cc(Cl)sc2Cl)cs1)N1CCNCC1. The average molecular weight is 348 g/mol. The Hall–Kier alpha value is -0.170. The van der Waals surface area contributed by atoms with Crippen molar-refractivity contribution in [3.05, 3.63) is 25.1 Å². The minimum Gasteiger partial charge on any atom is -0.314 e. The molecule has 3 nitrogen and oxygen atoms in total. The van der Waals surface area contributed by atoms with Crippen molar-refractivity contribution in [2.45, 2.75) is 13.0 Å². The topological polar surface area (TPSA) is 28.2 Å².